The van der Waals surface area contributed by atoms with Gasteiger partial charge in [-0.2, -0.15) is 4.72 Å². The first-order chi connectivity index (χ1) is 12.8. The van der Waals surface area contributed by atoms with E-state index in [0.717, 1.165) is 16.9 Å². The summed E-state index contributed by atoms with van der Waals surface area (Å²) < 4.78 is 33.2. The van der Waals surface area contributed by atoms with Crippen molar-refractivity contribution < 1.29 is 22.7 Å². The van der Waals surface area contributed by atoms with Gasteiger partial charge in [-0.3, -0.25) is 4.79 Å². The predicted molar refractivity (Wildman–Crippen MR) is 99.0 cm³/mol. The number of hydrogen-bond acceptors (Lipinski definition) is 6. The second-order valence-corrected chi connectivity index (χ2v) is 9.41. The Labute approximate surface area is 159 Å². The molecule has 0 aliphatic heterocycles. The van der Waals surface area contributed by atoms with Crippen LogP contribution in [-0.2, 0) is 14.8 Å². The summed E-state index contributed by atoms with van der Waals surface area (Å²) in [6.45, 7) is 1.70. The molecule has 1 aromatic carbocycles. The summed E-state index contributed by atoms with van der Waals surface area (Å²) in [5.74, 6) is -1.10. The average molecular weight is 404 g/mol. The largest absolute Gasteiger partial charge is 0.480 e. The van der Waals surface area contributed by atoms with Crippen LogP contribution in [0.4, 0.5) is 0 Å². The predicted octanol–water partition coefficient (Wildman–Crippen LogP) is 3.00. The van der Waals surface area contributed by atoms with E-state index in [2.05, 4.69) is 9.71 Å². The second kappa shape index (κ2) is 6.29. The van der Waals surface area contributed by atoms with Crippen LogP contribution >= 0.6 is 11.3 Å². The Morgan fingerprint density at radius 1 is 1.30 bits per heavy atom. The molecule has 1 fully saturated rings. The lowest BCUT2D eigenvalue weighted by molar-refractivity contribution is -0.140. The molecule has 2 aromatic heterocycles. The minimum absolute atomic E-state index is 0.0393. The molecule has 9 heteroatoms. The normalized spacial score (nSPS) is 21.9. The Kier molecular flexibility index (Phi) is 4.17. The van der Waals surface area contributed by atoms with Gasteiger partial charge in [0.05, 0.1) is 4.88 Å². The van der Waals surface area contributed by atoms with Crippen LogP contribution in [0.25, 0.3) is 10.6 Å². The fourth-order valence-electron chi connectivity index (χ4n) is 3.11. The highest BCUT2D eigenvalue weighted by atomic mass is 32.2. The first-order valence-electron chi connectivity index (χ1n) is 8.16. The maximum Gasteiger partial charge on any atom is 0.325 e. The highest BCUT2D eigenvalue weighted by Gasteiger charge is 2.63. The lowest BCUT2D eigenvalue weighted by Crippen LogP contribution is -2.44. The Morgan fingerprint density at radius 3 is 2.67 bits per heavy atom. The number of aliphatic carboxylic acids is 1. The Balaban J connectivity index is 1.61. The summed E-state index contributed by atoms with van der Waals surface area (Å²) in [4.78, 5) is 16.7. The number of aryl methyl sites for hydroxylation is 1. The van der Waals surface area contributed by atoms with Crippen molar-refractivity contribution in [2.45, 2.75) is 29.0 Å². The monoisotopic (exact) mass is 404 g/mol. The number of nitrogens with one attached hydrogen (secondary N) is 1. The van der Waals surface area contributed by atoms with Gasteiger partial charge in [-0.15, -0.1) is 11.3 Å². The van der Waals surface area contributed by atoms with Gasteiger partial charge in [0, 0.05) is 12.8 Å². The molecule has 1 aliphatic carbocycles. The summed E-state index contributed by atoms with van der Waals surface area (Å²) in [5.41, 5.74) is -0.178. The summed E-state index contributed by atoms with van der Waals surface area (Å²) in [6, 6.07) is 12.1. The molecule has 1 saturated carbocycles. The number of sulfonamides is 1. The fourth-order valence-corrected chi connectivity index (χ4v) is 5.77. The van der Waals surface area contributed by atoms with Crippen molar-refractivity contribution in [2.75, 3.05) is 0 Å². The van der Waals surface area contributed by atoms with Gasteiger partial charge in [0.1, 0.15) is 21.7 Å². The quantitative estimate of drug-likeness (QED) is 0.654. The van der Waals surface area contributed by atoms with Gasteiger partial charge in [0.25, 0.3) is 10.0 Å². The van der Waals surface area contributed by atoms with E-state index >= 15 is 0 Å². The number of hydrogen-bond donors (Lipinski definition) is 2. The van der Waals surface area contributed by atoms with Crippen LogP contribution < -0.4 is 4.72 Å². The summed E-state index contributed by atoms with van der Waals surface area (Å²) in [7, 11) is -3.99. The Bertz CT molecular complexity index is 1100. The van der Waals surface area contributed by atoms with Crippen molar-refractivity contribution in [3.8, 4) is 10.6 Å². The second-order valence-electron chi connectivity index (χ2n) is 6.42. The molecule has 0 amide bonds. The minimum atomic E-state index is -3.99. The lowest BCUT2D eigenvalue weighted by Gasteiger charge is -2.14. The number of carboxylic acids is 1. The van der Waals surface area contributed by atoms with Crippen LogP contribution in [0.2, 0.25) is 0 Å². The van der Waals surface area contributed by atoms with Gasteiger partial charge in [-0.05, 0) is 24.1 Å². The van der Waals surface area contributed by atoms with Crippen LogP contribution in [0.15, 0.2) is 57.4 Å². The Hall–Kier alpha value is -2.49. The van der Waals surface area contributed by atoms with Crippen molar-refractivity contribution in [1.29, 1.82) is 0 Å². The maximum atomic E-state index is 12.8. The molecule has 3 aromatic rings. The van der Waals surface area contributed by atoms with E-state index < -0.39 is 27.4 Å². The van der Waals surface area contributed by atoms with Gasteiger partial charge in [0.15, 0.2) is 5.89 Å². The van der Waals surface area contributed by atoms with Gasteiger partial charge in [-0.25, -0.2) is 13.4 Å². The Morgan fingerprint density at radius 2 is 2.04 bits per heavy atom. The SMILES string of the molecule is Cc1nc(-c2ccc(S(=O)(=O)NC3(C(=O)O)C[C@H]3c3ccccc3)s2)co1. The van der Waals surface area contributed by atoms with Crippen LogP contribution in [0.5, 0.6) is 0 Å². The zero-order valence-corrected chi connectivity index (χ0v) is 15.9. The summed E-state index contributed by atoms with van der Waals surface area (Å²) in [5, 5.41) is 9.69. The number of carboxylic acid groups (broad SMARTS) is 1. The molecule has 7 nitrogen and oxygen atoms in total. The van der Waals surface area contributed by atoms with E-state index in [0.29, 0.717) is 16.5 Å². The van der Waals surface area contributed by atoms with Gasteiger partial charge >= 0.3 is 5.97 Å². The lowest BCUT2D eigenvalue weighted by atomic mass is 10.1. The third kappa shape index (κ3) is 3.18. The number of thiophene rings is 1. The minimum Gasteiger partial charge on any atom is -0.480 e. The van der Waals surface area contributed by atoms with Gasteiger partial charge in [0.2, 0.25) is 0 Å². The topological polar surface area (TPSA) is 110 Å². The number of rotatable bonds is 6. The summed E-state index contributed by atoms with van der Waals surface area (Å²) >= 11 is 1.02. The number of benzene rings is 1. The average Bonchev–Trinajstić information content (AvgIpc) is 2.98. The molecule has 27 heavy (non-hydrogen) atoms. The van der Waals surface area contributed by atoms with E-state index in [-0.39, 0.29) is 10.6 Å². The van der Waals surface area contributed by atoms with Crippen molar-refractivity contribution >= 4 is 27.3 Å². The smallest absolute Gasteiger partial charge is 0.325 e. The van der Waals surface area contributed by atoms with E-state index in [1.165, 1.54) is 12.3 Å². The van der Waals surface area contributed by atoms with E-state index in [9.17, 15) is 18.3 Å². The van der Waals surface area contributed by atoms with Crippen LogP contribution in [0.3, 0.4) is 0 Å². The van der Waals surface area contributed by atoms with Crippen molar-refractivity contribution in [1.82, 2.24) is 9.71 Å². The molecule has 2 atom stereocenters. The molecule has 0 spiro atoms. The van der Waals surface area contributed by atoms with Crippen molar-refractivity contribution in [3.05, 3.63) is 60.2 Å². The zero-order chi connectivity index (χ0) is 19.2. The first kappa shape index (κ1) is 17.9. The van der Waals surface area contributed by atoms with E-state index in [4.69, 9.17) is 4.42 Å². The molecule has 1 aliphatic rings. The van der Waals surface area contributed by atoms with Crippen LogP contribution in [0, 0.1) is 6.92 Å². The third-order valence-corrected chi connectivity index (χ3v) is 7.69. The fraction of sp³-hybridized carbons (Fsp3) is 0.222. The molecular weight excluding hydrogens is 388 g/mol. The molecular formula is C18H16N2O5S2. The zero-order valence-electron chi connectivity index (χ0n) is 14.2. The van der Waals surface area contributed by atoms with Gasteiger partial charge in [-0.1, -0.05) is 30.3 Å². The molecule has 4 rings (SSSR count). The highest BCUT2D eigenvalue weighted by Crippen LogP contribution is 2.52. The molecule has 2 heterocycles. The third-order valence-electron chi connectivity index (χ3n) is 4.58. The molecule has 140 valence electrons. The molecule has 1 unspecified atom stereocenters. The standard InChI is InChI=1S/C18H16N2O5S2/c1-11-19-14(10-25-11)15-7-8-16(26-15)27(23,24)20-18(17(21)22)9-13(18)12-5-3-2-4-6-12/h2-8,10,13,20H,9H2,1H3,(H,21,22)/t13-,18?/m0/s1. The molecule has 2 N–H and O–H groups in total. The van der Waals surface area contributed by atoms with Crippen LogP contribution in [0.1, 0.15) is 23.8 Å². The number of carbonyl (C=O) groups is 1. The number of oxazole rings is 1. The number of aromatic nitrogens is 1. The molecule has 0 saturated heterocycles. The molecule has 0 bridgehead atoms. The van der Waals surface area contributed by atoms with Crippen LogP contribution in [-0.4, -0.2) is 30.0 Å². The van der Waals surface area contributed by atoms with E-state index in [1.54, 1.807) is 37.3 Å². The maximum absolute atomic E-state index is 12.8. The van der Waals surface area contributed by atoms with Crippen molar-refractivity contribution in [2.24, 2.45) is 0 Å². The highest BCUT2D eigenvalue weighted by molar-refractivity contribution is 7.91. The van der Waals surface area contributed by atoms with Gasteiger partial charge < -0.3 is 9.52 Å². The number of nitrogens with zero attached hydrogens (tertiary/aromatic N) is 1. The van der Waals surface area contributed by atoms with E-state index in [1.807, 2.05) is 6.07 Å². The summed E-state index contributed by atoms with van der Waals surface area (Å²) in [6.07, 6.45) is 1.67. The molecule has 0 radical (unpaired) electrons. The van der Waals surface area contributed by atoms with Crippen molar-refractivity contribution in [3.63, 3.8) is 0 Å². The first-order valence-corrected chi connectivity index (χ1v) is 10.5.